The van der Waals surface area contributed by atoms with E-state index in [1.165, 1.54) is 6.07 Å². The summed E-state index contributed by atoms with van der Waals surface area (Å²) in [5.74, 6) is -0.360. The molecule has 3 aromatic carbocycles. The Morgan fingerprint density at radius 3 is 2.31 bits per heavy atom. The first-order chi connectivity index (χ1) is 15.5. The van der Waals surface area contributed by atoms with Crippen LogP contribution in [0.2, 0.25) is 0 Å². The summed E-state index contributed by atoms with van der Waals surface area (Å²) in [6.45, 7) is 1.81. The first kappa shape index (κ1) is 20.2. The maximum Gasteiger partial charge on any atom is 0.200 e. The lowest BCUT2D eigenvalue weighted by atomic mass is 9.96. The Hall–Kier alpha value is -3.77. The largest absolute Gasteiger partial charge is 0.507 e. The second kappa shape index (κ2) is 8.05. The molecule has 0 saturated heterocycles. The summed E-state index contributed by atoms with van der Waals surface area (Å²) in [7, 11) is 0. The molecule has 1 N–H and O–H groups in total. The fourth-order valence-electron chi connectivity index (χ4n) is 3.82. The number of aromatic hydroxyl groups is 1. The number of halogens is 1. The summed E-state index contributed by atoms with van der Waals surface area (Å²) >= 11 is 3.46. The second-order valence-electron chi connectivity index (χ2n) is 7.44. The summed E-state index contributed by atoms with van der Waals surface area (Å²) in [5, 5.41) is 15.1. The van der Waals surface area contributed by atoms with Gasteiger partial charge in [-0.05, 0) is 31.2 Å². The van der Waals surface area contributed by atoms with Crippen molar-refractivity contribution in [3.63, 3.8) is 0 Å². The van der Waals surface area contributed by atoms with Crippen LogP contribution in [0.15, 0.2) is 89.4 Å². The maximum atomic E-state index is 13.6. The molecule has 0 radical (unpaired) electrons. The number of phenols is 1. The zero-order chi connectivity index (χ0) is 22.2. The zero-order valence-electron chi connectivity index (χ0n) is 17.2. The third-order valence-corrected chi connectivity index (χ3v) is 5.87. The van der Waals surface area contributed by atoms with Crippen molar-refractivity contribution in [1.29, 1.82) is 0 Å². The average Bonchev–Trinajstić information content (AvgIpc) is 3.22. The zero-order valence-corrected chi connectivity index (χ0v) is 18.7. The number of aryl methyl sites for hydroxylation is 1. The minimum atomic E-state index is -0.297. The number of carbonyl (C=O) groups is 1. The molecule has 0 spiro atoms. The van der Waals surface area contributed by atoms with Crippen LogP contribution in [0.1, 0.15) is 21.6 Å². The summed E-state index contributed by atoms with van der Waals surface area (Å²) < 4.78 is 2.70. The van der Waals surface area contributed by atoms with Crippen molar-refractivity contribution in [3.8, 4) is 28.3 Å². The van der Waals surface area contributed by atoms with Crippen molar-refractivity contribution < 1.29 is 9.90 Å². The number of benzene rings is 3. The van der Waals surface area contributed by atoms with Crippen LogP contribution < -0.4 is 0 Å². The van der Waals surface area contributed by atoms with Crippen molar-refractivity contribution in [2.75, 3.05) is 0 Å². The summed E-state index contributed by atoms with van der Waals surface area (Å²) in [4.78, 5) is 18.3. The van der Waals surface area contributed by atoms with Gasteiger partial charge in [-0.1, -0.05) is 70.5 Å². The number of hydrogen-bond acceptors (Lipinski definition) is 4. The summed E-state index contributed by atoms with van der Waals surface area (Å²) in [5.41, 5.74) is 5.06. The lowest BCUT2D eigenvalue weighted by Gasteiger charge is -2.14. The van der Waals surface area contributed by atoms with Crippen LogP contribution in [-0.4, -0.2) is 25.5 Å². The minimum Gasteiger partial charge on any atom is -0.507 e. The highest BCUT2D eigenvalue weighted by molar-refractivity contribution is 9.10. The van der Waals surface area contributed by atoms with Crippen LogP contribution in [0.3, 0.4) is 0 Å². The van der Waals surface area contributed by atoms with Crippen molar-refractivity contribution in [1.82, 2.24) is 14.6 Å². The Balaban J connectivity index is 1.80. The van der Waals surface area contributed by atoms with Gasteiger partial charge in [0.1, 0.15) is 5.75 Å². The fraction of sp³-hybridized carbons (Fsp3) is 0.0385. The molecule has 5 nitrogen and oxygen atoms in total. The predicted octanol–water partition coefficient (Wildman–Crippen LogP) is 6.07. The molecular formula is C26H18BrN3O2. The molecule has 0 aliphatic heterocycles. The Morgan fingerprint density at radius 1 is 0.906 bits per heavy atom. The summed E-state index contributed by atoms with van der Waals surface area (Å²) in [6, 6.07) is 26.0. The highest BCUT2D eigenvalue weighted by Crippen LogP contribution is 2.32. The van der Waals surface area contributed by atoms with Crippen molar-refractivity contribution >= 4 is 27.4 Å². The van der Waals surface area contributed by atoms with Gasteiger partial charge in [-0.25, -0.2) is 9.50 Å². The molecule has 156 valence electrons. The van der Waals surface area contributed by atoms with E-state index in [4.69, 9.17) is 10.1 Å². The number of ketones is 1. The number of para-hydroxylation sites is 1. The van der Waals surface area contributed by atoms with E-state index in [0.717, 1.165) is 21.3 Å². The molecule has 0 aliphatic rings. The van der Waals surface area contributed by atoms with Gasteiger partial charge in [-0.3, -0.25) is 4.79 Å². The Morgan fingerprint density at radius 2 is 1.59 bits per heavy atom. The van der Waals surface area contributed by atoms with Crippen LogP contribution in [0.5, 0.6) is 5.75 Å². The molecule has 5 aromatic rings. The van der Waals surface area contributed by atoms with E-state index >= 15 is 0 Å². The number of rotatable bonds is 4. The molecule has 0 saturated carbocycles. The van der Waals surface area contributed by atoms with E-state index in [-0.39, 0.29) is 17.1 Å². The van der Waals surface area contributed by atoms with E-state index in [9.17, 15) is 9.90 Å². The van der Waals surface area contributed by atoms with E-state index in [1.54, 1.807) is 22.7 Å². The topological polar surface area (TPSA) is 67.5 Å². The van der Waals surface area contributed by atoms with Gasteiger partial charge in [-0.15, -0.1) is 0 Å². The molecule has 6 heteroatoms. The smallest absolute Gasteiger partial charge is 0.200 e. The molecule has 0 bridgehead atoms. The van der Waals surface area contributed by atoms with Crippen molar-refractivity contribution in [3.05, 3.63) is 106 Å². The van der Waals surface area contributed by atoms with E-state index < -0.39 is 0 Å². The van der Waals surface area contributed by atoms with Crippen molar-refractivity contribution in [2.45, 2.75) is 6.92 Å². The van der Waals surface area contributed by atoms with Gasteiger partial charge < -0.3 is 5.11 Å². The molecule has 0 atom stereocenters. The van der Waals surface area contributed by atoms with Gasteiger partial charge in [0.25, 0.3) is 0 Å². The average molecular weight is 484 g/mol. The molecule has 2 aromatic heterocycles. The lowest BCUT2D eigenvalue weighted by Crippen LogP contribution is -2.12. The number of aromatic nitrogens is 3. The van der Waals surface area contributed by atoms with Crippen LogP contribution in [0, 0.1) is 6.92 Å². The van der Waals surface area contributed by atoms with Gasteiger partial charge in [0.2, 0.25) is 5.78 Å². The molecule has 0 amide bonds. The van der Waals surface area contributed by atoms with Crippen molar-refractivity contribution in [2.24, 2.45) is 0 Å². The fourth-order valence-corrected chi connectivity index (χ4v) is 4.08. The SMILES string of the molecule is Cc1nc2cc(-c3ccc(Br)cc3)nn2c(-c2ccccc2)c1C(=O)c1ccccc1O. The maximum absolute atomic E-state index is 13.6. The monoisotopic (exact) mass is 483 g/mol. The molecule has 5 rings (SSSR count). The standard InChI is InChI=1S/C26H18BrN3O2/c1-16-24(26(32)20-9-5-6-10-22(20)31)25(18-7-3-2-4-8-18)30-23(28-16)15-21(29-30)17-11-13-19(27)14-12-17/h2-15,31H,1H3. The van der Waals surface area contributed by atoms with Gasteiger partial charge in [-0.2, -0.15) is 5.10 Å². The van der Waals surface area contributed by atoms with Crippen LogP contribution in [0.4, 0.5) is 0 Å². The van der Waals surface area contributed by atoms with Gasteiger partial charge in [0.05, 0.1) is 28.2 Å². The highest BCUT2D eigenvalue weighted by Gasteiger charge is 2.24. The molecular weight excluding hydrogens is 466 g/mol. The van der Waals surface area contributed by atoms with E-state index in [0.29, 0.717) is 22.6 Å². The summed E-state index contributed by atoms with van der Waals surface area (Å²) in [6.07, 6.45) is 0. The molecule has 0 fully saturated rings. The van der Waals surface area contributed by atoms with E-state index in [1.807, 2.05) is 67.6 Å². The first-order valence-corrected chi connectivity index (χ1v) is 10.9. The number of carbonyl (C=O) groups excluding carboxylic acids is 1. The predicted molar refractivity (Wildman–Crippen MR) is 128 cm³/mol. The number of fused-ring (bicyclic) bond motifs is 1. The molecule has 32 heavy (non-hydrogen) atoms. The van der Waals surface area contributed by atoms with Crippen LogP contribution in [-0.2, 0) is 0 Å². The normalized spacial score (nSPS) is 11.1. The highest BCUT2D eigenvalue weighted by atomic mass is 79.9. The van der Waals surface area contributed by atoms with Gasteiger partial charge in [0, 0.05) is 21.7 Å². The van der Waals surface area contributed by atoms with Gasteiger partial charge >= 0.3 is 0 Å². The third-order valence-electron chi connectivity index (χ3n) is 5.35. The Bertz CT molecular complexity index is 1460. The quantitative estimate of drug-likeness (QED) is 0.315. The minimum absolute atomic E-state index is 0.0629. The Kier molecular flexibility index (Phi) is 5.07. The van der Waals surface area contributed by atoms with Crippen LogP contribution in [0.25, 0.3) is 28.2 Å². The molecule has 0 aliphatic carbocycles. The number of phenolic OH excluding ortho intramolecular Hbond substituents is 1. The number of hydrogen-bond donors (Lipinski definition) is 1. The van der Waals surface area contributed by atoms with Gasteiger partial charge in [0.15, 0.2) is 5.65 Å². The first-order valence-electron chi connectivity index (χ1n) is 10.1. The molecule has 0 unspecified atom stereocenters. The van der Waals surface area contributed by atoms with Crippen LogP contribution >= 0.6 is 15.9 Å². The number of nitrogens with zero attached hydrogens (tertiary/aromatic N) is 3. The third kappa shape index (κ3) is 3.48. The van der Waals surface area contributed by atoms with E-state index in [2.05, 4.69) is 15.9 Å². The Labute approximate surface area is 193 Å². The molecule has 2 heterocycles. The lowest BCUT2D eigenvalue weighted by molar-refractivity contribution is 0.103. The second-order valence-corrected chi connectivity index (χ2v) is 8.36.